The van der Waals surface area contributed by atoms with Crippen molar-refractivity contribution in [2.24, 2.45) is 17.4 Å². The van der Waals surface area contributed by atoms with Crippen LogP contribution in [0.25, 0.3) is 0 Å². The predicted molar refractivity (Wildman–Crippen MR) is 149 cm³/mol. The van der Waals surface area contributed by atoms with Crippen LogP contribution in [0.1, 0.15) is 45.6 Å². The smallest absolute Gasteiger partial charge is 0.326 e. The van der Waals surface area contributed by atoms with Gasteiger partial charge in [-0.15, -0.1) is 0 Å². The van der Waals surface area contributed by atoms with Crippen molar-refractivity contribution in [2.45, 2.75) is 70.6 Å². The molecule has 1 aromatic rings. The molecule has 0 aliphatic heterocycles. The molecule has 1 aromatic carbocycles. The number of rotatable bonds is 17. The molecule has 0 fully saturated rings. The van der Waals surface area contributed by atoms with E-state index in [4.69, 9.17) is 16.9 Å². The maximum Gasteiger partial charge on any atom is 0.326 e. The molecule has 0 bridgehead atoms. The zero-order valence-electron chi connectivity index (χ0n) is 23.2. The van der Waals surface area contributed by atoms with Gasteiger partial charge in [0.05, 0.1) is 12.6 Å². The number of carbonyl (C=O) groups is 5. The highest BCUT2D eigenvalue weighted by Crippen LogP contribution is 2.09. The highest BCUT2D eigenvalue weighted by atomic mass is 16.4. The second-order valence-corrected chi connectivity index (χ2v) is 9.89. The summed E-state index contributed by atoms with van der Waals surface area (Å²) in [5, 5.41) is 29.4. The summed E-state index contributed by atoms with van der Waals surface area (Å²) < 4.78 is 0. The van der Waals surface area contributed by atoms with Crippen molar-refractivity contribution in [3.8, 4) is 0 Å². The van der Waals surface area contributed by atoms with Gasteiger partial charge >= 0.3 is 5.97 Å². The minimum atomic E-state index is -1.24. The van der Waals surface area contributed by atoms with Gasteiger partial charge in [0.15, 0.2) is 5.96 Å². The number of hydrogen-bond acceptors (Lipinski definition) is 7. The lowest BCUT2D eigenvalue weighted by Crippen LogP contribution is -2.57. The molecule has 11 N–H and O–H groups in total. The minimum Gasteiger partial charge on any atom is -0.480 e. The molecule has 0 saturated carbocycles. The van der Waals surface area contributed by atoms with Crippen LogP contribution >= 0.6 is 0 Å². The molecule has 1 rings (SSSR count). The van der Waals surface area contributed by atoms with Crippen molar-refractivity contribution < 1.29 is 29.1 Å². The molecule has 40 heavy (non-hydrogen) atoms. The van der Waals surface area contributed by atoms with Crippen molar-refractivity contribution in [3.05, 3.63) is 35.9 Å². The van der Waals surface area contributed by atoms with Crippen LogP contribution in [0.4, 0.5) is 0 Å². The third-order valence-electron chi connectivity index (χ3n) is 5.71. The molecule has 0 radical (unpaired) electrons. The largest absolute Gasteiger partial charge is 0.480 e. The molecule has 4 atom stereocenters. The Morgan fingerprint density at radius 2 is 1.48 bits per heavy atom. The first-order valence-electron chi connectivity index (χ1n) is 13.1. The third-order valence-corrected chi connectivity index (χ3v) is 5.71. The lowest BCUT2D eigenvalue weighted by molar-refractivity contribution is -0.142. The van der Waals surface area contributed by atoms with Gasteiger partial charge in [0.2, 0.25) is 23.6 Å². The summed E-state index contributed by atoms with van der Waals surface area (Å²) in [5.74, 6) is -4.00. The Hall–Kier alpha value is -4.20. The van der Waals surface area contributed by atoms with Crippen molar-refractivity contribution in [1.82, 2.24) is 26.6 Å². The van der Waals surface area contributed by atoms with Crippen LogP contribution in [0, 0.1) is 11.3 Å². The predicted octanol–water partition coefficient (Wildman–Crippen LogP) is -1.46. The van der Waals surface area contributed by atoms with E-state index >= 15 is 0 Å². The number of carbonyl (C=O) groups excluding carboxylic acids is 4. The Morgan fingerprint density at radius 3 is 2.02 bits per heavy atom. The molecule has 14 heteroatoms. The van der Waals surface area contributed by atoms with Crippen LogP contribution in [0.15, 0.2) is 30.3 Å². The average Bonchev–Trinajstić information content (AvgIpc) is 2.87. The molecule has 0 saturated heterocycles. The Balaban J connectivity index is 3.00. The molecule has 14 nitrogen and oxygen atoms in total. The molecule has 0 aliphatic carbocycles. The molecule has 0 unspecified atom stereocenters. The van der Waals surface area contributed by atoms with Crippen LogP contribution in [-0.4, -0.2) is 77.9 Å². The zero-order valence-corrected chi connectivity index (χ0v) is 23.2. The van der Waals surface area contributed by atoms with E-state index in [-0.39, 0.29) is 37.7 Å². The van der Waals surface area contributed by atoms with Crippen LogP contribution < -0.4 is 38.1 Å². The van der Waals surface area contributed by atoms with Crippen LogP contribution in [-0.2, 0) is 30.4 Å². The summed E-state index contributed by atoms with van der Waals surface area (Å²) in [5.41, 5.74) is 11.5. The molecule has 0 spiro atoms. The number of nitrogens with two attached hydrogens (primary N) is 2. The molecule has 0 aromatic heterocycles. The summed E-state index contributed by atoms with van der Waals surface area (Å²) >= 11 is 0. The van der Waals surface area contributed by atoms with Gasteiger partial charge in [-0.25, -0.2) is 4.79 Å². The summed E-state index contributed by atoms with van der Waals surface area (Å²) in [4.78, 5) is 62.5. The number of carboxylic acids is 1. The van der Waals surface area contributed by atoms with Crippen molar-refractivity contribution in [2.75, 3.05) is 13.1 Å². The van der Waals surface area contributed by atoms with Gasteiger partial charge in [-0.3, -0.25) is 24.6 Å². The maximum absolute atomic E-state index is 13.4. The van der Waals surface area contributed by atoms with Crippen molar-refractivity contribution in [1.29, 1.82) is 5.41 Å². The van der Waals surface area contributed by atoms with Crippen molar-refractivity contribution >= 4 is 35.6 Å². The first kappa shape index (κ1) is 33.8. The summed E-state index contributed by atoms with van der Waals surface area (Å²) in [6, 6.07) is 4.73. The second kappa shape index (κ2) is 17.4. The Labute approximate surface area is 233 Å². The number of nitrogens with one attached hydrogen (secondary N) is 6. The lowest BCUT2D eigenvalue weighted by Gasteiger charge is -2.26. The third kappa shape index (κ3) is 13.6. The van der Waals surface area contributed by atoms with E-state index in [1.807, 2.05) is 13.8 Å². The van der Waals surface area contributed by atoms with E-state index < -0.39 is 60.3 Å². The van der Waals surface area contributed by atoms with E-state index in [0.29, 0.717) is 6.42 Å². The van der Waals surface area contributed by atoms with Gasteiger partial charge in [-0.1, -0.05) is 44.2 Å². The number of amides is 4. The molecule has 4 amide bonds. The monoisotopic (exact) mass is 562 g/mol. The summed E-state index contributed by atoms with van der Waals surface area (Å²) in [6.45, 7) is 5.02. The second-order valence-electron chi connectivity index (χ2n) is 9.89. The van der Waals surface area contributed by atoms with E-state index in [1.54, 1.807) is 30.3 Å². The number of benzene rings is 1. The number of guanidine groups is 1. The highest BCUT2D eigenvalue weighted by Gasteiger charge is 2.30. The zero-order chi connectivity index (χ0) is 30.2. The Bertz CT molecular complexity index is 1020. The fourth-order valence-electron chi connectivity index (χ4n) is 3.67. The van der Waals surface area contributed by atoms with Gasteiger partial charge in [0, 0.05) is 13.0 Å². The fourth-order valence-corrected chi connectivity index (χ4v) is 3.67. The normalized spacial score (nSPS) is 13.7. The van der Waals surface area contributed by atoms with Gasteiger partial charge in [0.25, 0.3) is 0 Å². The fraction of sp³-hybridized carbons (Fsp3) is 0.538. The number of hydrogen-bond donors (Lipinski definition) is 9. The van der Waals surface area contributed by atoms with E-state index in [1.165, 1.54) is 6.92 Å². The van der Waals surface area contributed by atoms with E-state index in [0.717, 1.165) is 5.56 Å². The average molecular weight is 563 g/mol. The van der Waals surface area contributed by atoms with Gasteiger partial charge < -0.3 is 43.2 Å². The van der Waals surface area contributed by atoms with Crippen LogP contribution in [0.2, 0.25) is 0 Å². The molecular weight excluding hydrogens is 520 g/mol. The van der Waals surface area contributed by atoms with E-state index in [2.05, 4.69) is 26.6 Å². The number of carboxylic acid groups (broad SMARTS) is 1. The highest BCUT2D eigenvalue weighted by molar-refractivity contribution is 5.94. The number of aliphatic carboxylic acids is 1. The van der Waals surface area contributed by atoms with Crippen LogP contribution in [0.3, 0.4) is 0 Å². The van der Waals surface area contributed by atoms with Gasteiger partial charge in [-0.05, 0) is 37.7 Å². The summed E-state index contributed by atoms with van der Waals surface area (Å²) in [7, 11) is 0. The van der Waals surface area contributed by atoms with Gasteiger partial charge in [-0.2, -0.15) is 0 Å². The SMILES string of the molecule is CC(C)C[C@H](NC(=O)[C@H](Cc1ccccc1)NC(=O)CNC(=O)[C@H](C)N)C(=O)N[C@@H](CCCNC(=N)N)C(=O)O. The Kier molecular flexibility index (Phi) is 14.7. The van der Waals surface area contributed by atoms with Crippen molar-refractivity contribution in [3.63, 3.8) is 0 Å². The molecule has 0 heterocycles. The summed E-state index contributed by atoms with van der Waals surface area (Å²) in [6.07, 6.45) is 0.717. The maximum atomic E-state index is 13.4. The first-order chi connectivity index (χ1) is 18.8. The Morgan fingerprint density at radius 1 is 0.875 bits per heavy atom. The molecule has 0 aliphatic rings. The molecule has 222 valence electrons. The topological polar surface area (TPSA) is 242 Å². The van der Waals surface area contributed by atoms with E-state index in [9.17, 15) is 29.1 Å². The molecular formula is C26H42N8O6. The minimum absolute atomic E-state index is 0.0327. The lowest BCUT2D eigenvalue weighted by atomic mass is 10.0. The quantitative estimate of drug-likeness (QED) is 0.0611. The van der Waals surface area contributed by atoms with Crippen LogP contribution in [0.5, 0.6) is 0 Å². The first-order valence-corrected chi connectivity index (χ1v) is 13.1. The standard InChI is InChI=1S/C26H42N8O6/c1-15(2)12-19(23(37)33-18(25(39)40)10-7-11-30-26(28)29)34-24(38)20(13-17-8-5-4-6-9-17)32-21(35)14-31-22(36)16(3)27/h4-6,8-9,15-16,18-20H,7,10-14,27H2,1-3H3,(H,31,36)(H,32,35)(H,33,37)(H,34,38)(H,39,40)(H4,28,29,30)/t16-,18-,19-,20-/m0/s1. The van der Waals surface area contributed by atoms with Gasteiger partial charge in [0.1, 0.15) is 18.1 Å².